The summed E-state index contributed by atoms with van der Waals surface area (Å²) in [6, 6.07) is 14.2. The van der Waals surface area contributed by atoms with Gasteiger partial charge in [-0.05, 0) is 42.5 Å². The lowest BCUT2D eigenvalue weighted by Crippen LogP contribution is -2.47. The Morgan fingerprint density at radius 2 is 1.73 bits per heavy atom. The smallest absolute Gasteiger partial charge is 0.326 e. The number of carbonyl (C=O) groups is 4. The van der Waals surface area contributed by atoms with Crippen molar-refractivity contribution in [3.8, 4) is 5.75 Å². The van der Waals surface area contributed by atoms with Crippen LogP contribution < -0.4 is 5.32 Å². The van der Waals surface area contributed by atoms with E-state index in [0.717, 1.165) is 22.9 Å². The zero-order chi connectivity index (χ0) is 24.0. The number of nitrogens with one attached hydrogen (secondary N) is 1. The van der Waals surface area contributed by atoms with Crippen molar-refractivity contribution in [1.82, 2.24) is 10.2 Å². The highest BCUT2D eigenvalue weighted by molar-refractivity contribution is 8.14. The van der Waals surface area contributed by atoms with E-state index in [1.807, 2.05) is 30.3 Å². The normalized spacial score (nSPS) is 18.5. The van der Waals surface area contributed by atoms with Crippen LogP contribution in [0.2, 0.25) is 0 Å². The second-order valence-electron chi connectivity index (χ2n) is 7.85. The summed E-state index contributed by atoms with van der Waals surface area (Å²) in [5.41, 5.74) is 1.60. The Labute approximate surface area is 196 Å². The third-order valence-corrected chi connectivity index (χ3v) is 6.51. The van der Waals surface area contributed by atoms with Crippen molar-refractivity contribution in [2.75, 3.05) is 6.54 Å². The molecule has 0 spiro atoms. The van der Waals surface area contributed by atoms with Crippen LogP contribution in [0, 0.1) is 0 Å². The molecule has 1 heterocycles. The minimum absolute atomic E-state index is 0.0936. The fraction of sp³-hybridized carbons (Fsp3) is 0.333. The first-order valence-electron chi connectivity index (χ1n) is 10.6. The summed E-state index contributed by atoms with van der Waals surface area (Å²) < 4.78 is 0. The van der Waals surface area contributed by atoms with Crippen molar-refractivity contribution in [3.63, 3.8) is 0 Å². The predicted octanol–water partition coefficient (Wildman–Crippen LogP) is 2.52. The third kappa shape index (κ3) is 6.35. The quantitative estimate of drug-likeness (QED) is 0.542. The molecule has 9 heteroatoms. The second kappa shape index (κ2) is 11.0. The number of aliphatic carboxylic acids is 1. The van der Waals surface area contributed by atoms with Crippen molar-refractivity contribution in [3.05, 3.63) is 65.7 Å². The number of amides is 2. The summed E-state index contributed by atoms with van der Waals surface area (Å²) in [4.78, 5) is 50.6. The van der Waals surface area contributed by atoms with Gasteiger partial charge in [-0.1, -0.05) is 54.2 Å². The zero-order valence-corrected chi connectivity index (χ0v) is 19.0. The Hall–Kier alpha value is -3.33. The molecule has 2 unspecified atom stereocenters. The van der Waals surface area contributed by atoms with E-state index in [-0.39, 0.29) is 29.9 Å². The molecular weight excluding hydrogens is 444 g/mol. The van der Waals surface area contributed by atoms with Gasteiger partial charge in [0.05, 0.1) is 17.8 Å². The molecule has 33 heavy (non-hydrogen) atoms. The number of hydrogen-bond donors (Lipinski definition) is 3. The van der Waals surface area contributed by atoms with Crippen molar-refractivity contribution >= 4 is 34.7 Å². The summed E-state index contributed by atoms with van der Waals surface area (Å²) in [6.45, 7) is 0.996. The van der Waals surface area contributed by atoms with E-state index in [9.17, 15) is 29.4 Å². The summed E-state index contributed by atoms with van der Waals surface area (Å²) >= 11 is 0.861. The number of phenols is 1. The summed E-state index contributed by atoms with van der Waals surface area (Å²) in [6.07, 6.45) is 1.08. The van der Waals surface area contributed by atoms with Crippen LogP contribution in [-0.4, -0.2) is 55.8 Å². The maximum absolute atomic E-state index is 13.0. The summed E-state index contributed by atoms with van der Waals surface area (Å²) in [5.74, 6) is -1.96. The molecule has 0 aliphatic carbocycles. The number of rotatable bonds is 8. The molecule has 0 bridgehead atoms. The van der Waals surface area contributed by atoms with Crippen LogP contribution in [0.3, 0.4) is 0 Å². The monoisotopic (exact) mass is 470 g/mol. The van der Waals surface area contributed by atoms with Crippen LogP contribution in [0.15, 0.2) is 54.6 Å². The fourth-order valence-electron chi connectivity index (χ4n) is 4.01. The van der Waals surface area contributed by atoms with Gasteiger partial charge in [-0.2, -0.15) is 0 Å². The van der Waals surface area contributed by atoms with Crippen molar-refractivity contribution in [2.24, 2.45) is 0 Å². The lowest BCUT2D eigenvalue weighted by molar-refractivity contribution is -0.149. The van der Waals surface area contributed by atoms with Gasteiger partial charge in [-0.25, -0.2) is 4.79 Å². The first kappa shape index (κ1) is 24.3. The van der Waals surface area contributed by atoms with Gasteiger partial charge in [0.1, 0.15) is 11.8 Å². The number of aromatic hydroxyl groups is 1. The Morgan fingerprint density at radius 1 is 1.06 bits per heavy atom. The molecule has 2 aromatic carbocycles. The average molecular weight is 471 g/mol. The fourth-order valence-corrected chi connectivity index (χ4v) is 4.87. The molecule has 0 saturated carbocycles. The van der Waals surface area contributed by atoms with E-state index in [0.29, 0.717) is 12.8 Å². The van der Waals surface area contributed by atoms with E-state index in [1.54, 1.807) is 12.1 Å². The van der Waals surface area contributed by atoms with Crippen LogP contribution in [0.4, 0.5) is 0 Å². The number of carbonyl (C=O) groups excluding carboxylic acids is 3. The molecule has 2 aromatic rings. The molecular formula is C24H26N2O6S. The van der Waals surface area contributed by atoms with Crippen LogP contribution in [0.25, 0.3) is 0 Å². The van der Waals surface area contributed by atoms with Crippen LogP contribution in [0.1, 0.15) is 36.9 Å². The number of nitrogens with zero attached hydrogens (tertiary/aromatic N) is 1. The van der Waals surface area contributed by atoms with E-state index < -0.39 is 29.1 Å². The van der Waals surface area contributed by atoms with E-state index in [2.05, 4.69) is 5.32 Å². The summed E-state index contributed by atoms with van der Waals surface area (Å²) in [7, 11) is 0. The van der Waals surface area contributed by atoms with E-state index in [4.69, 9.17) is 0 Å². The highest BCUT2D eigenvalue weighted by Crippen LogP contribution is 2.36. The van der Waals surface area contributed by atoms with Crippen molar-refractivity contribution in [2.45, 2.75) is 43.5 Å². The molecule has 1 saturated heterocycles. The van der Waals surface area contributed by atoms with E-state index in [1.165, 1.54) is 24.0 Å². The molecule has 174 valence electrons. The van der Waals surface area contributed by atoms with Gasteiger partial charge in [-0.15, -0.1) is 0 Å². The molecule has 3 rings (SSSR count). The first-order chi connectivity index (χ1) is 15.8. The molecule has 1 aliphatic rings. The number of thioether (sulfide) groups is 1. The van der Waals surface area contributed by atoms with E-state index >= 15 is 0 Å². The maximum atomic E-state index is 13.0. The molecule has 1 fully saturated rings. The minimum atomic E-state index is -1.08. The van der Waals surface area contributed by atoms with Crippen molar-refractivity contribution in [1.29, 1.82) is 0 Å². The average Bonchev–Trinajstić information content (AvgIpc) is 3.24. The number of phenolic OH excluding ortho intramolecular Hbond substituents is 1. The molecule has 0 radical (unpaired) electrons. The number of benzene rings is 2. The third-order valence-electron chi connectivity index (χ3n) is 5.51. The molecule has 3 atom stereocenters. The van der Waals surface area contributed by atoms with Gasteiger partial charge in [0.25, 0.3) is 0 Å². The zero-order valence-electron chi connectivity index (χ0n) is 18.1. The van der Waals surface area contributed by atoms with Gasteiger partial charge in [0.2, 0.25) is 11.8 Å². The standard InChI is InChI=1S/C24H26N2O6S/c1-15(27)33-21(13-16-7-9-18(28)10-8-16)23(30)25-14-22(29)26-19(11-12-20(26)24(31)32)17-5-3-2-4-6-17/h2-10,19-21,28H,11-14H2,1H3,(H,25,30)(H,31,32)/t19?,20-,21?/m0/s1. The highest BCUT2D eigenvalue weighted by Gasteiger charge is 2.41. The van der Waals surface area contributed by atoms with Crippen LogP contribution in [-0.2, 0) is 25.6 Å². The highest BCUT2D eigenvalue weighted by atomic mass is 32.2. The SMILES string of the molecule is CC(=O)SC(Cc1ccc(O)cc1)C(=O)NCC(=O)N1C(c2ccccc2)CC[C@H]1C(=O)O. The Balaban J connectivity index is 1.70. The van der Waals surface area contributed by atoms with Gasteiger partial charge >= 0.3 is 5.97 Å². The number of likely N-dealkylation sites (tertiary alicyclic amines) is 1. The predicted molar refractivity (Wildman–Crippen MR) is 124 cm³/mol. The maximum Gasteiger partial charge on any atom is 0.326 e. The number of carboxylic acids is 1. The van der Waals surface area contributed by atoms with Crippen molar-refractivity contribution < 1.29 is 29.4 Å². The number of hydrogen-bond acceptors (Lipinski definition) is 6. The second-order valence-corrected chi connectivity index (χ2v) is 9.22. The van der Waals surface area contributed by atoms with Gasteiger partial charge in [0.15, 0.2) is 5.12 Å². The molecule has 0 aromatic heterocycles. The van der Waals surface area contributed by atoms with Gasteiger partial charge in [-0.3, -0.25) is 14.4 Å². The van der Waals surface area contributed by atoms with Gasteiger partial charge in [0, 0.05) is 6.92 Å². The van der Waals surface area contributed by atoms with Crippen LogP contribution >= 0.6 is 11.8 Å². The molecule has 1 aliphatic heterocycles. The lowest BCUT2D eigenvalue weighted by Gasteiger charge is -2.29. The Kier molecular flexibility index (Phi) is 8.11. The molecule has 3 N–H and O–H groups in total. The molecule has 2 amide bonds. The number of carboxylic acid groups (broad SMARTS) is 1. The first-order valence-corrected chi connectivity index (χ1v) is 11.5. The Bertz CT molecular complexity index is 1010. The van der Waals surface area contributed by atoms with Gasteiger partial charge < -0.3 is 20.4 Å². The summed E-state index contributed by atoms with van der Waals surface area (Å²) in [5, 5.41) is 20.6. The Morgan fingerprint density at radius 3 is 2.33 bits per heavy atom. The lowest BCUT2D eigenvalue weighted by atomic mass is 10.0. The van der Waals surface area contributed by atoms with Crippen LogP contribution in [0.5, 0.6) is 5.75 Å². The largest absolute Gasteiger partial charge is 0.508 e. The molecule has 8 nitrogen and oxygen atoms in total. The topological polar surface area (TPSA) is 124 Å². The minimum Gasteiger partial charge on any atom is -0.508 e.